The van der Waals surface area contributed by atoms with Gasteiger partial charge in [0.25, 0.3) is 5.91 Å². The van der Waals surface area contributed by atoms with Crippen molar-refractivity contribution in [1.82, 2.24) is 4.90 Å². The van der Waals surface area contributed by atoms with Crippen LogP contribution in [0.5, 0.6) is 0 Å². The van der Waals surface area contributed by atoms with Crippen LogP contribution in [0.15, 0.2) is 54.6 Å². The lowest BCUT2D eigenvalue weighted by Crippen LogP contribution is -2.62. The molecule has 0 unspecified atom stereocenters. The van der Waals surface area contributed by atoms with Gasteiger partial charge in [-0.25, -0.2) is 0 Å². The van der Waals surface area contributed by atoms with Crippen molar-refractivity contribution >= 4 is 5.91 Å². The van der Waals surface area contributed by atoms with Gasteiger partial charge in [-0.15, -0.1) is 0 Å². The van der Waals surface area contributed by atoms with Crippen molar-refractivity contribution in [3.8, 4) is 11.1 Å². The molecule has 4 rings (SSSR count). The highest BCUT2D eigenvalue weighted by Crippen LogP contribution is 2.51. The normalized spacial score (nSPS) is 23.4. The number of rotatable bonds is 5. The third-order valence-electron chi connectivity index (χ3n) is 6.38. The molecule has 5 nitrogen and oxygen atoms in total. The zero-order chi connectivity index (χ0) is 19.6. The van der Waals surface area contributed by atoms with E-state index in [4.69, 9.17) is 10.5 Å². The molecule has 1 heterocycles. The summed E-state index contributed by atoms with van der Waals surface area (Å²) in [5.41, 5.74) is 8.20. The second-order valence-electron chi connectivity index (χ2n) is 7.87. The van der Waals surface area contributed by atoms with Crippen LogP contribution in [0.1, 0.15) is 29.6 Å². The van der Waals surface area contributed by atoms with Crippen LogP contribution in [0.2, 0.25) is 0 Å². The van der Waals surface area contributed by atoms with E-state index in [1.165, 1.54) is 0 Å². The Labute approximate surface area is 166 Å². The SMILES string of the molecule is NCCO[C@@H]1C[C@H](O)C12CCN(C(=O)c1cccc(-c3ccccc3)c1)CC2. The van der Waals surface area contributed by atoms with Crippen LogP contribution in [0.25, 0.3) is 11.1 Å². The van der Waals surface area contributed by atoms with Gasteiger partial charge in [-0.2, -0.15) is 0 Å². The fourth-order valence-corrected chi connectivity index (χ4v) is 4.60. The van der Waals surface area contributed by atoms with E-state index in [0.717, 1.165) is 24.0 Å². The van der Waals surface area contributed by atoms with E-state index in [2.05, 4.69) is 0 Å². The van der Waals surface area contributed by atoms with Gasteiger partial charge < -0.3 is 20.5 Å². The lowest BCUT2D eigenvalue weighted by Gasteiger charge is -2.56. The van der Waals surface area contributed by atoms with E-state index in [1.807, 2.05) is 59.5 Å². The predicted octanol–water partition coefficient (Wildman–Crippen LogP) is 2.68. The van der Waals surface area contributed by atoms with Gasteiger partial charge >= 0.3 is 0 Å². The Balaban J connectivity index is 1.43. The van der Waals surface area contributed by atoms with Crippen molar-refractivity contribution in [3.05, 3.63) is 60.2 Å². The Bertz CT molecular complexity index is 816. The molecule has 2 aromatic rings. The van der Waals surface area contributed by atoms with E-state index in [-0.39, 0.29) is 23.5 Å². The Morgan fingerprint density at radius 2 is 1.82 bits per heavy atom. The number of hydrogen-bond acceptors (Lipinski definition) is 4. The van der Waals surface area contributed by atoms with E-state index in [9.17, 15) is 9.90 Å². The number of carbonyl (C=O) groups is 1. The molecule has 2 atom stereocenters. The molecule has 5 heteroatoms. The number of ether oxygens (including phenoxy) is 1. The molecule has 2 fully saturated rings. The summed E-state index contributed by atoms with van der Waals surface area (Å²) in [6.07, 6.45) is 1.94. The highest BCUT2D eigenvalue weighted by Gasteiger charge is 2.56. The Kier molecular flexibility index (Phi) is 5.49. The summed E-state index contributed by atoms with van der Waals surface area (Å²) in [5.74, 6) is 0.0564. The topological polar surface area (TPSA) is 75.8 Å². The van der Waals surface area contributed by atoms with E-state index in [1.54, 1.807) is 0 Å². The Morgan fingerprint density at radius 1 is 1.11 bits per heavy atom. The summed E-state index contributed by atoms with van der Waals surface area (Å²) in [6, 6.07) is 17.9. The Morgan fingerprint density at radius 3 is 2.50 bits per heavy atom. The van der Waals surface area contributed by atoms with Gasteiger partial charge in [-0.3, -0.25) is 4.79 Å². The average Bonchev–Trinajstić information content (AvgIpc) is 2.77. The lowest BCUT2D eigenvalue weighted by atomic mass is 9.58. The molecule has 0 aromatic heterocycles. The van der Waals surface area contributed by atoms with Gasteiger partial charge in [-0.1, -0.05) is 42.5 Å². The van der Waals surface area contributed by atoms with Gasteiger partial charge in [0.05, 0.1) is 18.8 Å². The van der Waals surface area contributed by atoms with Crippen molar-refractivity contribution in [3.63, 3.8) is 0 Å². The number of amides is 1. The number of aliphatic hydroxyl groups is 1. The number of piperidine rings is 1. The van der Waals surface area contributed by atoms with Crippen molar-refractivity contribution in [2.75, 3.05) is 26.2 Å². The quantitative estimate of drug-likeness (QED) is 0.836. The van der Waals surface area contributed by atoms with E-state index >= 15 is 0 Å². The molecule has 3 N–H and O–H groups in total. The van der Waals surface area contributed by atoms with Gasteiger partial charge in [0.2, 0.25) is 0 Å². The van der Waals surface area contributed by atoms with Crippen LogP contribution in [0.4, 0.5) is 0 Å². The number of nitrogens with zero attached hydrogens (tertiary/aromatic N) is 1. The van der Waals surface area contributed by atoms with Crippen LogP contribution in [0.3, 0.4) is 0 Å². The molecule has 1 amide bonds. The van der Waals surface area contributed by atoms with Crippen LogP contribution >= 0.6 is 0 Å². The van der Waals surface area contributed by atoms with Crippen LogP contribution in [0, 0.1) is 5.41 Å². The zero-order valence-electron chi connectivity index (χ0n) is 16.1. The molecule has 1 saturated heterocycles. The first-order valence-corrected chi connectivity index (χ1v) is 10.1. The molecule has 2 aromatic carbocycles. The van der Waals surface area contributed by atoms with Crippen LogP contribution < -0.4 is 5.73 Å². The van der Waals surface area contributed by atoms with Crippen molar-refractivity contribution in [1.29, 1.82) is 0 Å². The molecule has 1 aliphatic heterocycles. The number of hydrogen-bond donors (Lipinski definition) is 2. The van der Waals surface area contributed by atoms with Crippen molar-refractivity contribution in [2.45, 2.75) is 31.5 Å². The maximum atomic E-state index is 13.1. The van der Waals surface area contributed by atoms with Crippen molar-refractivity contribution in [2.24, 2.45) is 11.1 Å². The highest BCUT2D eigenvalue weighted by atomic mass is 16.5. The summed E-state index contributed by atoms with van der Waals surface area (Å²) in [4.78, 5) is 15.0. The molecule has 148 valence electrons. The first kappa shape index (κ1) is 19.1. The fourth-order valence-electron chi connectivity index (χ4n) is 4.60. The second kappa shape index (κ2) is 8.03. The number of benzene rings is 2. The first-order chi connectivity index (χ1) is 13.6. The third kappa shape index (κ3) is 3.46. The largest absolute Gasteiger partial charge is 0.392 e. The maximum Gasteiger partial charge on any atom is 0.253 e. The van der Waals surface area contributed by atoms with Gasteiger partial charge in [0.15, 0.2) is 0 Å². The first-order valence-electron chi connectivity index (χ1n) is 10.1. The minimum Gasteiger partial charge on any atom is -0.392 e. The monoisotopic (exact) mass is 380 g/mol. The molecule has 2 aliphatic rings. The smallest absolute Gasteiger partial charge is 0.253 e. The average molecular weight is 380 g/mol. The summed E-state index contributed by atoms with van der Waals surface area (Å²) in [5, 5.41) is 10.4. The molecular formula is C23H28N2O3. The predicted molar refractivity (Wildman–Crippen MR) is 109 cm³/mol. The zero-order valence-corrected chi connectivity index (χ0v) is 16.1. The number of nitrogens with two attached hydrogens (primary N) is 1. The number of likely N-dealkylation sites (tertiary alicyclic amines) is 1. The molecule has 1 aliphatic carbocycles. The minimum atomic E-state index is -0.339. The van der Waals surface area contributed by atoms with Gasteiger partial charge in [-0.05, 0) is 36.1 Å². The molecule has 28 heavy (non-hydrogen) atoms. The number of aliphatic hydroxyl groups excluding tert-OH is 1. The van der Waals surface area contributed by atoms with Gasteiger partial charge in [0, 0.05) is 37.0 Å². The molecular weight excluding hydrogens is 352 g/mol. The number of carbonyl (C=O) groups excluding carboxylic acids is 1. The maximum absolute atomic E-state index is 13.1. The fraction of sp³-hybridized carbons (Fsp3) is 0.435. The van der Waals surface area contributed by atoms with Gasteiger partial charge in [0.1, 0.15) is 0 Å². The third-order valence-corrected chi connectivity index (χ3v) is 6.38. The molecule has 1 spiro atoms. The standard InChI is InChI=1S/C23H28N2O3/c24-11-14-28-21-16-20(26)23(21)9-12-25(13-10-23)22(27)19-8-4-7-18(15-19)17-5-2-1-3-6-17/h1-8,15,20-21,26H,9-14,16,24H2/t20-,21+/m0/s1. The lowest BCUT2D eigenvalue weighted by molar-refractivity contribution is -0.207. The summed E-state index contributed by atoms with van der Waals surface area (Å²) in [6.45, 7) is 2.31. The molecule has 1 saturated carbocycles. The van der Waals surface area contributed by atoms with E-state index in [0.29, 0.717) is 38.2 Å². The van der Waals surface area contributed by atoms with E-state index < -0.39 is 0 Å². The van der Waals surface area contributed by atoms with Crippen molar-refractivity contribution < 1.29 is 14.6 Å². The van der Waals surface area contributed by atoms with Crippen LogP contribution in [-0.2, 0) is 4.74 Å². The minimum absolute atomic E-state index is 0.0564. The summed E-state index contributed by atoms with van der Waals surface area (Å²) < 4.78 is 5.85. The highest BCUT2D eigenvalue weighted by molar-refractivity contribution is 5.95. The summed E-state index contributed by atoms with van der Waals surface area (Å²) >= 11 is 0. The summed E-state index contributed by atoms with van der Waals surface area (Å²) in [7, 11) is 0. The second-order valence-corrected chi connectivity index (χ2v) is 7.87. The van der Waals surface area contributed by atoms with Crippen LogP contribution in [-0.4, -0.2) is 54.4 Å². The Hall–Kier alpha value is -2.21. The molecule has 0 bridgehead atoms. The molecule has 0 radical (unpaired) electrons.